The van der Waals surface area contributed by atoms with Crippen LogP contribution in [0.5, 0.6) is 0 Å². The van der Waals surface area contributed by atoms with Crippen LogP contribution < -0.4 is 10.2 Å². The van der Waals surface area contributed by atoms with Gasteiger partial charge in [0.15, 0.2) is 11.6 Å². The Labute approximate surface area is 118 Å². The largest absolute Gasteiger partial charge is 0.352 e. The number of carbonyl (C=O) groups excluding carboxylic acids is 1. The SMILES string of the molecule is CCc1ncnc(N2CC(C(=O)NC(C)(C)C)C2)c1F. The van der Waals surface area contributed by atoms with Crippen molar-refractivity contribution in [2.45, 2.75) is 39.7 Å². The van der Waals surface area contributed by atoms with Crippen LogP contribution in [-0.4, -0.2) is 34.5 Å². The van der Waals surface area contributed by atoms with Gasteiger partial charge in [-0.1, -0.05) is 6.92 Å². The average Bonchev–Trinajstić information content (AvgIpc) is 2.27. The van der Waals surface area contributed by atoms with Crippen molar-refractivity contribution in [1.82, 2.24) is 15.3 Å². The van der Waals surface area contributed by atoms with E-state index >= 15 is 0 Å². The molecule has 1 aromatic heterocycles. The highest BCUT2D eigenvalue weighted by Crippen LogP contribution is 2.26. The average molecular weight is 280 g/mol. The molecule has 6 heteroatoms. The highest BCUT2D eigenvalue weighted by atomic mass is 19.1. The third-order valence-corrected chi connectivity index (χ3v) is 3.23. The molecule has 1 N–H and O–H groups in total. The van der Waals surface area contributed by atoms with Gasteiger partial charge in [-0.15, -0.1) is 0 Å². The highest BCUT2D eigenvalue weighted by Gasteiger charge is 2.36. The molecule has 0 atom stereocenters. The topological polar surface area (TPSA) is 58.1 Å². The first-order valence-corrected chi connectivity index (χ1v) is 6.88. The number of carbonyl (C=O) groups is 1. The second-order valence-electron chi connectivity index (χ2n) is 6.15. The number of amides is 1. The van der Waals surface area contributed by atoms with Crippen LogP contribution in [0, 0.1) is 11.7 Å². The zero-order valence-electron chi connectivity index (χ0n) is 12.4. The number of nitrogens with one attached hydrogen (secondary N) is 1. The summed E-state index contributed by atoms with van der Waals surface area (Å²) in [7, 11) is 0. The number of aromatic nitrogens is 2. The van der Waals surface area contributed by atoms with Crippen LogP contribution in [0.15, 0.2) is 6.33 Å². The van der Waals surface area contributed by atoms with Gasteiger partial charge in [0.2, 0.25) is 5.91 Å². The number of nitrogens with zero attached hydrogens (tertiary/aromatic N) is 3. The van der Waals surface area contributed by atoms with Crippen LogP contribution in [-0.2, 0) is 11.2 Å². The molecule has 1 amide bonds. The zero-order valence-corrected chi connectivity index (χ0v) is 12.4. The van der Waals surface area contributed by atoms with Crippen LogP contribution >= 0.6 is 0 Å². The maximum absolute atomic E-state index is 14.1. The first kappa shape index (κ1) is 14.7. The standard InChI is InChI=1S/C14H21FN4O/c1-5-10-11(15)12(17-8-16-10)19-6-9(7-19)13(20)18-14(2,3)4/h8-9H,5-7H2,1-4H3,(H,18,20). The minimum absolute atomic E-state index is 0.0129. The lowest BCUT2D eigenvalue weighted by Gasteiger charge is -2.40. The second-order valence-corrected chi connectivity index (χ2v) is 6.15. The van der Waals surface area contributed by atoms with Crippen molar-refractivity contribution in [3.05, 3.63) is 17.8 Å². The van der Waals surface area contributed by atoms with Crippen molar-refractivity contribution < 1.29 is 9.18 Å². The summed E-state index contributed by atoms with van der Waals surface area (Å²) in [4.78, 5) is 21.6. The van der Waals surface area contributed by atoms with Crippen LogP contribution in [0.25, 0.3) is 0 Å². The van der Waals surface area contributed by atoms with E-state index in [-0.39, 0.29) is 23.2 Å². The van der Waals surface area contributed by atoms with Gasteiger partial charge in [-0.2, -0.15) is 0 Å². The summed E-state index contributed by atoms with van der Waals surface area (Å²) < 4.78 is 14.1. The second kappa shape index (κ2) is 5.34. The van der Waals surface area contributed by atoms with Crippen molar-refractivity contribution >= 4 is 11.7 Å². The van der Waals surface area contributed by atoms with Gasteiger partial charge in [-0.25, -0.2) is 14.4 Å². The molecule has 1 fully saturated rings. The number of hydrogen-bond acceptors (Lipinski definition) is 4. The molecule has 1 aromatic rings. The molecule has 20 heavy (non-hydrogen) atoms. The van der Waals surface area contributed by atoms with Gasteiger partial charge >= 0.3 is 0 Å². The summed E-state index contributed by atoms with van der Waals surface area (Å²) in [5.41, 5.74) is 0.171. The molecule has 2 rings (SSSR count). The smallest absolute Gasteiger partial charge is 0.227 e. The lowest BCUT2D eigenvalue weighted by molar-refractivity contribution is -0.127. The van der Waals surface area contributed by atoms with E-state index in [1.165, 1.54) is 6.33 Å². The first-order valence-electron chi connectivity index (χ1n) is 6.88. The summed E-state index contributed by atoms with van der Waals surface area (Å²) in [6.45, 7) is 8.68. The van der Waals surface area contributed by atoms with E-state index in [0.29, 0.717) is 31.0 Å². The van der Waals surface area contributed by atoms with E-state index in [1.54, 1.807) is 4.90 Å². The predicted octanol–water partition coefficient (Wildman–Crippen LogP) is 1.53. The third-order valence-electron chi connectivity index (χ3n) is 3.23. The molecular formula is C14H21FN4O. The Kier molecular flexibility index (Phi) is 3.92. The fourth-order valence-corrected chi connectivity index (χ4v) is 2.15. The lowest BCUT2D eigenvalue weighted by Crippen LogP contribution is -2.57. The minimum Gasteiger partial charge on any atom is -0.352 e. The van der Waals surface area contributed by atoms with E-state index in [2.05, 4.69) is 15.3 Å². The maximum Gasteiger partial charge on any atom is 0.227 e. The molecule has 0 aliphatic carbocycles. The van der Waals surface area contributed by atoms with Crippen LogP contribution in [0.4, 0.5) is 10.2 Å². The summed E-state index contributed by atoms with van der Waals surface area (Å²) in [5.74, 6) is -0.158. The van der Waals surface area contributed by atoms with Crippen LogP contribution in [0.3, 0.4) is 0 Å². The van der Waals surface area contributed by atoms with Gasteiger partial charge < -0.3 is 10.2 Å². The minimum atomic E-state index is -0.371. The van der Waals surface area contributed by atoms with E-state index in [0.717, 1.165) is 0 Å². The van der Waals surface area contributed by atoms with Crippen molar-refractivity contribution in [2.24, 2.45) is 5.92 Å². The number of halogens is 1. The fraction of sp³-hybridized carbons (Fsp3) is 0.643. The van der Waals surface area contributed by atoms with E-state index in [1.807, 2.05) is 27.7 Å². The number of aryl methyl sites for hydroxylation is 1. The fourth-order valence-electron chi connectivity index (χ4n) is 2.15. The van der Waals surface area contributed by atoms with Gasteiger partial charge in [-0.3, -0.25) is 4.79 Å². The first-order chi connectivity index (χ1) is 9.31. The Morgan fingerprint density at radius 1 is 1.45 bits per heavy atom. The molecule has 2 heterocycles. The Morgan fingerprint density at radius 2 is 2.10 bits per heavy atom. The third kappa shape index (κ3) is 3.05. The molecule has 0 radical (unpaired) electrons. The molecule has 0 unspecified atom stereocenters. The molecule has 0 saturated carbocycles. The van der Waals surface area contributed by atoms with Gasteiger partial charge in [-0.05, 0) is 27.2 Å². The van der Waals surface area contributed by atoms with Crippen LogP contribution in [0.1, 0.15) is 33.4 Å². The quantitative estimate of drug-likeness (QED) is 0.912. The molecule has 1 saturated heterocycles. The Balaban J connectivity index is 1.99. The normalized spacial score (nSPS) is 15.9. The molecule has 0 spiro atoms. The number of anilines is 1. The lowest BCUT2D eigenvalue weighted by atomic mass is 9.97. The van der Waals surface area contributed by atoms with Gasteiger partial charge in [0.1, 0.15) is 6.33 Å². The van der Waals surface area contributed by atoms with Crippen molar-refractivity contribution in [1.29, 1.82) is 0 Å². The Bertz CT molecular complexity index is 506. The van der Waals surface area contributed by atoms with Crippen molar-refractivity contribution in [2.75, 3.05) is 18.0 Å². The molecule has 1 aliphatic heterocycles. The molecule has 1 aliphatic rings. The summed E-state index contributed by atoms with van der Waals surface area (Å²) >= 11 is 0. The van der Waals surface area contributed by atoms with Crippen molar-refractivity contribution in [3.63, 3.8) is 0 Å². The van der Waals surface area contributed by atoms with E-state index in [9.17, 15) is 9.18 Å². The number of rotatable bonds is 3. The van der Waals surface area contributed by atoms with Gasteiger partial charge in [0.25, 0.3) is 0 Å². The van der Waals surface area contributed by atoms with Gasteiger partial charge in [0.05, 0.1) is 11.6 Å². The maximum atomic E-state index is 14.1. The number of hydrogen-bond donors (Lipinski definition) is 1. The summed E-state index contributed by atoms with van der Waals surface area (Å²) in [6, 6.07) is 0. The highest BCUT2D eigenvalue weighted by molar-refractivity contribution is 5.82. The molecule has 5 nitrogen and oxygen atoms in total. The van der Waals surface area contributed by atoms with E-state index < -0.39 is 0 Å². The van der Waals surface area contributed by atoms with Gasteiger partial charge in [0, 0.05) is 18.6 Å². The summed E-state index contributed by atoms with van der Waals surface area (Å²) in [6.07, 6.45) is 1.91. The molecular weight excluding hydrogens is 259 g/mol. The summed E-state index contributed by atoms with van der Waals surface area (Å²) in [5, 5.41) is 2.94. The monoisotopic (exact) mass is 280 g/mol. The molecule has 0 bridgehead atoms. The van der Waals surface area contributed by atoms with Crippen LogP contribution in [0.2, 0.25) is 0 Å². The predicted molar refractivity (Wildman–Crippen MR) is 75.0 cm³/mol. The molecule has 110 valence electrons. The Hall–Kier alpha value is -1.72. The zero-order chi connectivity index (χ0) is 14.9. The van der Waals surface area contributed by atoms with Crippen molar-refractivity contribution in [3.8, 4) is 0 Å². The molecule has 0 aromatic carbocycles. The Morgan fingerprint density at radius 3 is 2.65 bits per heavy atom. The van der Waals surface area contributed by atoms with E-state index in [4.69, 9.17) is 0 Å².